The van der Waals surface area contributed by atoms with E-state index < -0.39 is 6.10 Å². The van der Waals surface area contributed by atoms with Crippen molar-refractivity contribution in [2.45, 2.75) is 19.1 Å². The number of hydrogen-bond donors (Lipinski definition) is 2. The Morgan fingerprint density at radius 2 is 2.04 bits per heavy atom. The number of fused-ring (bicyclic) bond motifs is 1. The second-order valence-corrected chi connectivity index (χ2v) is 5.65. The first-order valence-corrected chi connectivity index (χ1v) is 7.86. The van der Waals surface area contributed by atoms with Crippen LogP contribution < -0.4 is 5.32 Å². The van der Waals surface area contributed by atoms with Crippen LogP contribution in [0.25, 0.3) is 11.0 Å². The monoisotopic (exact) mass is 327 g/mol. The summed E-state index contributed by atoms with van der Waals surface area (Å²) in [6, 6.07) is 9.93. The molecule has 0 spiro atoms. The van der Waals surface area contributed by atoms with Crippen molar-refractivity contribution in [2.75, 3.05) is 18.5 Å². The minimum atomic E-state index is -0.641. The van der Waals surface area contributed by atoms with Crippen LogP contribution in [0.5, 0.6) is 0 Å². The van der Waals surface area contributed by atoms with E-state index in [-0.39, 0.29) is 12.7 Å². The number of nitrogens with zero attached hydrogens (tertiary/aromatic N) is 4. The molecule has 2 N–H and O–H groups in total. The number of nitrogens with one attached hydrogen (secondary N) is 1. The summed E-state index contributed by atoms with van der Waals surface area (Å²) in [6.07, 6.45) is 2.48. The number of benzene rings is 1. The van der Waals surface area contributed by atoms with Crippen molar-refractivity contribution in [2.24, 2.45) is 7.05 Å². The van der Waals surface area contributed by atoms with Gasteiger partial charge in [-0.05, 0) is 12.5 Å². The zero-order chi connectivity index (χ0) is 16.9. The van der Waals surface area contributed by atoms with Gasteiger partial charge in [-0.3, -0.25) is 4.68 Å². The molecule has 2 atom stereocenters. The Hall–Kier alpha value is -2.51. The van der Waals surface area contributed by atoms with Crippen LogP contribution >= 0.6 is 0 Å². The van der Waals surface area contributed by atoms with Crippen LogP contribution in [0.15, 0.2) is 42.9 Å². The molecule has 2 heterocycles. The maximum atomic E-state index is 10.1. The van der Waals surface area contributed by atoms with Crippen molar-refractivity contribution in [1.82, 2.24) is 19.7 Å². The molecule has 2 aromatic heterocycles. The molecule has 7 heteroatoms. The lowest BCUT2D eigenvalue weighted by molar-refractivity contribution is 0.00242. The highest BCUT2D eigenvalue weighted by Gasteiger charge is 2.12. The summed E-state index contributed by atoms with van der Waals surface area (Å²) < 4.78 is 7.41. The van der Waals surface area contributed by atoms with Crippen molar-refractivity contribution < 1.29 is 9.84 Å². The Morgan fingerprint density at radius 1 is 1.25 bits per heavy atom. The van der Waals surface area contributed by atoms with E-state index in [1.54, 1.807) is 10.9 Å². The van der Waals surface area contributed by atoms with E-state index in [9.17, 15) is 5.11 Å². The number of anilines is 1. The maximum absolute atomic E-state index is 10.1. The SMILES string of the molecule is C[C@H](OC[C@H](O)CNc1ncnc2c1cnn2C)c1ccccc1. The summed E-state index contributed by atoms with van der Waals surface area (Å²) in [5.74, 6) is 0.656. The van der Waals surface area contributed by atoms with Gasteiger partial charge in [-0.2, -0.15) is 5.10 Å². The molecule has 1 aromatic carbocycles. The van der Waals surface area contributed by atoms with Crippen LogP contribution in [-0.2, 0) is 11.8 Å². The Kier molecular flexibility index (Phi) is 5.02. The molecule has 0 unspecified atom stereocenters. The van der Waals surface area contributed by atoms with Gasteiger partial charge in [0.15, 0.2) is 5.65 Å². The van der Waals surface area contributed by atoms with E-state index in [0.29, 0.717) is 12.4 Å². The molecule has 0 aliphatic carbocycles. The van der Waals surface area contributed by atoms with Gasteiger partial charge in [0.25, 0.3) is 0 Å². The molecular weight excluding hydrogens is 306 g/mol. The fourth-order valence-corrected chi connectivity index (χ4v) is 2.45. The summed E-state index contributed by atoms with van der Waals surface area (Å²) in [5, 5.41) is 18.3. The normalized spacial score (nSPS) is 13.8. The number of rotatable bonds is 7. The Labute approximate surface area is 140 Å². The summed E-state index contributed by atoms with van der Waals surface area (Å²) >= 11 is 0. The average Bonchev–Trinajstić information content (AvgIpc) is 3.00. The molecule has 0 fully saturated rings. The van der Waals surface area contributed by atoms with Gasteiger partial charge in [-0.25, -0.2) is 9.97 Å². The molecule has 0 saturated heterocycles. The molecule has 0 radical (unpaired) electrons. The Bertz CT molecular complexity index is 790. The third-order valence-electron chi connectivity index (χ3n) is 3.84. The van der Waals surface area contributed by atoms with Gasteiger partial charge in [0.1, 0.15) is 12.1 Å². The van der Waals surface area contributed by atoms with Gasteiger partial charge < -0.3 is 15.2 Å². The van der Waals surface area contributed by atoms with E-state index >= 15 is 0 Å². The number of aliphatic hydroxyl groups excluding tert-OH is 1. The highest BCUT2D eigenvalue weighted by Crippen LogP contribution is 2.18. The van der Waals surface area contributed by atoms with E-state index in [0.717, 1.165) is 16.6 Å². The molecule has 24 heavy (non-hydrogen) atoms. The number of ether oxygens (including phenoxy) is 1. The summed E-state index contributed by atoms with van der Waals surface area (Å²) in [4.78, 5) is 8.39. The van der Waals surface area contributed by atoms with Gasteiger partial charge in [0.05, 0.1) is 30.4 Å². The molecule has 126 valence electrons. The lowest BCUT2D eigenvalue weighted by Gasteiger charge is -2.17. The largest absolute Gasteiger partial charge is 0.389 e. The van der Waals surface area contributed by atoms with E-state index in [1.165, 1.54) is 6.33 Å². The van der Waals surface area contributed by atoms with Gasteiger partial charge in [0, 0.05) is 13.6 Å². The van der Waals surface area contributed by atoms with E-state index in [2.05, 4.69) is 20.4 Å². The predicted molar refractivity (Wildman–Crippen MR) is 91.6 cm³/mol. The molecule has 0 aliphatic heterocycles. The second-order valence-electron chi connectivity index (χ2n) is 5.65. The molecular formula is C17H21N5O2. The minimum absolute atomic E-state index is 0.0649. The molecule has 0 bridgehead atoms. The number of aryl methyl sites for hydroxylation is 1. The van der Waals surface area contributed by atoms with Gasteiger partial charge >= 0.3 is 0 Å². The first-order chi connectivity index (χ1) is 11.6. The highest BCUT2D eigenvalue weighted by molar-refractivity contribution is 5.85. The molecule has 0 amide bonds. The lowest BCUT2D eigenvalue weighted by atomic mass is 10.1. The van der Waals surface area contributed by atoms with Crippen molar-refractivity contribution in [3.8, 4) is 0 Å². The number of aliphatic hydroxyl groups is 1. The van der Waals surface area contributed by atoms with Gasteiger partial charge in [-0.1, -0.05) is 30.3 Å². The molecule has 3 rings (SSSR count). The fraction of sp³-hybridized carbons (Fsp3) is 0.353. The van der Waals surface area contributed by atoms with Crippen molar-refractivity contribution in [3.05, 3.63) is 48.4 Å². The lowest BCUT2D eigenvalue weighted by Crippen LogP contribution is -2.26. The predicted octanol–water partition coefficient (Wildman–Crippen LogP) is 1.91. The number of hydrogen-bond acceptors (Lipinski definition) is 6. The number of aromatic nitrogens is 4. The van der Waals surface area contributed by atoms with Crippen LogP contribution in [0, 0.1) is 0 Å². The van der Waals surface area contributed by atoms with Crippen LogP contribution in [0.3, 0.4) is 0 Å². The van der Waals surface area contributed by atoms with Crippen molar-refractivity contribution in [3.63, 3.8) is 0 Å². The summed E-state index contributed by atoms with van der Waals surface area (Å²) in [6.45, 7) is 2.55. The van der Waals surface area contributed by atoms with E-state index in [1.807, 2.05) is 44.3 Å². The maximum Gasteiger partial charge on any atom is 0.163 e. The van der Waals surface area contributed by atoms with Crippen LogP contribution in [0.1, 0.15) is 18.6 Å². The van der Waals surface area contributed by atoms with Gasteiger partial charge in [-0.15, -0.1) is 0 Å². The fourth-order valence-electron chi connectivity index (χ4n) is 2.45. The summed E-state index contributed by atoms with van der Waals surface area (Å²) in [7, 11) is 1.83. The molecule has 0 aliphatic rings. The van der Waals surface area contributed by atoms with Crippen molar-refractivity contribution in [1.29, 1.82) is 0 Å². The zero-order valence-electron chi connectivity index (χ0n) is 13.8. The summed E-state index contributed by atoms with van der Waals surface area (Å²) in [5.41, 5.74) is 1.83. The van der Waals surface area contributed by atoms with Gasteiger partial charge in [0.2, 0.25) is 0 Å². The van der Waals surface area contributed by atoms with E-state index in [4.69, 9.17) is 4.74 Å². The highest BCUT2D eigenvalue weighted by atomic mass is 16.5. The Morgan fingerprint density at radius 3 is 2.83 bits per heavy atom. The average molecular weight is 327 g/mol. The standard InChI is InChI=1S/C17H21N5O2/c1-12(13-6-4-3-5-7-13)24-10-14(23)8-18-16-15-9-21-22(2)17(15)20-11-19-16/h3-7,9,11-12,14,23H,8,10H2,1-2H3,(H,18,19,20)/t12-,14+/m0/s1. The first kappa shape index (κ1) is 16.4. The second kappa shape index (κ2) is 7.37. The molecule has 7 nitrogen and oxygen atoms in total. The minimum Gasteiger partial charge on any atom is -0.389 e. The van der Waals surface area contributed by atoms with Crippen molar-refractivity contribution >= 4 is 16.9 Å². The smallest absolute Gasteiger partial charge is 0.163 e. The molecule has 3 aromatic rings. The zero-order valence-corrected chi connectivity index (χ0v) is 13.8. The first-order valence-electron chi connectivity index (χ1n) is 7.86. The molecule has 0 saturated carbocycles. The quantitative estimate of drug-likeness (QED) is 0.689. The Balaban J connectivity index is 1.53. The topological polar surface area (TPSA) is 85.1 Å². The van der Waals surface area contributed by atoms with Crippen LogP contribution in [-0.4, -0.2) is 44.1 Å². The van der Waals surface area contributed by atoms with Crippen LogP contribution in [0.2, 0.25) is 0 Å². The third kappa shape index (κ3) is 3.69. The van der Waals surface area contributed by atoms with Crippen LogP contribution in [0.4, 0.5) is 5.82 Å². The third-order valence-corrected chi connectivity index (χ3v) is 3.84.